The molecule has 0 fully saturated rings. The van der Waals surface area contributed by atoms with Crippen molar-refractivity contribution in [2.45, 2.75) is 78.1 Å². The van der Waals surface area contributed by atoms with Gasteiger partial charge >= 0.3 is 0 Å². The molecule has 0 bridgehead atoms. The Balaban J connectivity index is 3.07. The first kappa shape index (κ1) is 14.7. The maximum Gasteiger partial charge on any atom is -0.0353 e. The molecule has 0 rings (SSSR count). The lowest BCUT2D eigenvalue weighted by atomic mass is 9.95. The largest absolute Gasteiger partial charge is 0.103 e. The van der Waals surface area contributed by atoms with Crippen molar-refractivity contribution >= 4 is 0 Å². The Morgan fingerprint density at radius 3 is 1.93 bits per heavy atom. The molecule has 0 aliphatic rings. The molecule has 0 aromatic carbocycles. The molecule has 15 heavy (non-hydrogen) atoms. The highest BCUT2D eigenvalue weighted by atomic mass is 14.1. The van der Waals surface area contributed by atoms with Crippen LogP contribution in [0.2, 0.25) is 0 Å². The van der Waals surface area contributed by atoms with E-state index < -0.39 is 0 Å². The average Bonchev–Trinajstić information content (AvgIpc) is 2.27. The first-order valence-electron chi connectivity index (χ1n) is 6.96. The second-order valence-electron chi connectivity index (χ2n) is 4.67. The summed E-state index contributed by atoms with van der Waals surface area (Å²) in [6.07, 6.45) is 16.0. The van der Waals surface area contributed by atoms with Crippen molar-refractivity contribution in [1.29, 1.82) is 0 Å². The minimum Gasteiger partial charge on any atom is -0.103 e. The number of hydrogen-bond donors (Lipinski definition) is 0. The number of hydrogen-bond acceptors (Lipinski definition) is 0. The topological polar surface area (TPSA) is 0 Å². The molecule has 0 aliphatic carbocycles. The van der Waals surface area contributed by atoms with E-state index in [4.69, 9.17) is 0 Å². The highest BCUT2D eigenvalue weighted by Gasteiger charge is 2.01. The molecular formula is C15H30. The lowest BCUT2D eigenvalue weighted by Gasteiger charge is -2.11. The van der Waals surface area contributed by atoms with Crippen molar-refractivity contribution in [1.82, 2.24) is 0 Å². The Hall–Kier alpha value is -0.260. The smallest absolute Gasteiger partial charge is 0.0353 e. The van der Waals surface area contributed by atoms with Crippen LogP contribution in [-0.4, -0.2) is 0 Å². The van der Waals surface area contributed by atoms with Crippen molar-refractivity contribution in [2.24, 2.45) is 5.92 Å². The fraction of sp³-hybridized carbons (Fsp3) is 0.867. The summed E-state index contributed by atoms with van der Waals surface area (Å²) < 4.78 is 0. The summed E-state index contributed by atoms with van der Waals surface area (Å²) in [6, 6.07) is 0. The zero-order valence-electron chi connectivity index (χ0n) is 10.9. The Morgan fingerprint density at radius 1 is 0.867 bits per heavy atom. The molecule has 0 heteroatoms. The Bertz CT molecular complexity index is 122. The fourth-order valence-electron chi connectivity index (χ4n) is 2.13. The van der Waals surface area contributed by atoms with E-state index in [1.165, 1.54) is 64.2 Å². The molecule has 0 spiro atoms. The lowest BCUT2D eigenvalue weighted by Crippen LogP contribution is -1.96. The number of rotatable bonds is 11. The van der Waals surface area contributed by atoms with Gasteiger partial charge in [-0.15, -0.1) is 6.58 Å². The van der Waals surface area contributed by atoms with Gasteiger partial charge in [0.1, 0.15) is 0 Å². The van der Waals surface area contributed by atoms with Crippen LogP contribution < -0.4 is 0 Å². The number of unbranched alkanes of at least 4 members (excludes halogenated alkanes) is 6. The molecular weight excluding hydrogens is 180 g/mol. The SMILES string of the molecule is C=CCCCCCCCCC(CC)CC. The van der Waals surface area contributed by atoms with Gasteiger partial charge in [-0.25, -0.2) is 0 Å². The van der Waals surface area contributed by atoms with E-state index in [1.54, 1.807) is 0 Å². The van der Waals surface area contributed by atoms with Crippen molar-refractivity contribution in [3.05, 3.63) is 12.7 Å². The monoisotopic (exact) mass is 210 g/mol. The average molecular weight is 210 g/mol. The Morgan fingerprint density at radius 2 is 1.40 bits per heavy atom. The van der Waals surface area contributed by atoms with Crippen LogP contribution in [0.4, 0.5) is 0 Å². The normalized spacial score (nSPS) is 10.9. The van der Waals surface area contributed by atoms with Gasteiger partial charge in [-0.05, 0) is 18.8 Å². The van der Waals surface area contributed by atoms with Crippen LogP contribution in [0.5, 0.6) is 0 Å². The molecule has 0 aliphatic heterocycles. The Kier molecular flexibility index (Phi) is 11.6. The van der Waals surface area contributed by atoms with E-state index in [0.717, 1.165) is 5.92 Å². The summed E-state index contributed by atoms with van der Waals surface area (Å²) in [4.78, 5) is 0. The van der Waals surface area contributed by atoms with E-state index in [9.17, 15) is 0 Å². The maximum absolute atomic E-state index is 3.75. The van der Waals surface area contributed by atoms with Crippen molar-refractivity contribution in [2.75, 3.05) is 0 Å². The Labute approximate surface area is 97.2 Å². The highest BCUT2D eigenvalue weighted by molar-refractivity contribution is 4.65. The summed E-state index contributed by atoms with van der Waals surface area (Å²) in [5.74, 6) is 0.991. The zero-order chi connectivity index (χ0) is 11.4. The molecule has 0 amide bonds. The van der Waals surface area contributed by atoms with Crippen LogP contribution in [0.3, 0.4) is 0 Å². The minimum absolute atomic E-state index is 0.991. The molecule has 0 radical (unpaired) electrons. The molecule has 0 nitrogen and oxygen atoms in total. The van der Waals surface area contributed by atoms with Crippen LogP contribution in [0.15, 0.2) is 12.7 Å². The van der Waals surface area contributed by atoms with Gasteiger partial charge in [0.25, 0.3) is 0 Å². The van der Waals surface area contributed by atoms with E-state index in [2.05, 4.69) is 20.4 Å². The summed E-state index contributed by atoms with van der Waals surface area (Å²) in [5, 5.41) is 0. The first-order valence-corrected chi connectivity index (χ1v) is 6.96. The van der Waals surface area contributed by atoms with Gasteiger partial charge in [0, 0.05) is 0 Å². The van der Waals surface area contributed by atoms with Crippen LogP contribution in [0.25, 0.3) is 0 Å². The summed E-state index contributed by atoms with van der Waals surface area (Å²) in [6.45, 7) is 8.39. The molecule has 0 N–H and O–H groups in total. The lowest BCUT2D eigenvalue weighted by molar-refractivity contribution is 0.426. The molecule has 0 saturated heterocycles. The molecule has 0 unspecified atom stereocenters. The summed E-state index contributed by atoms with van der Waals surface area (Å²) in [7, 11) is 0. The predicted molar refractivity (Wildman–Crippen MR) is 71.2 cm³/mol. The summed E-state index contributed by atoms with van der Waals surface area (Å²) >= 11 is 0. The fourth-order valence-corrected chi connectivity index (χ4v) is 2.13. The second-order valence-corrected chi connectivity index (χ2v) is 4.67. The standard InChI is InChI=1S/C15H30/c1-4-7-8-9-10-11-12-13-14-15(5-2)6-3/h4,15H,1,5-14H2,2-3H3. The molecule has 0 aromatic rings. The van der Waals surface area contributed by atoms with Gasteiger partial charge < -0.3 is 0 Å². The highest BCUT2D eigenvalue weighted by Crippen LogP contribution is 2.17. The van der Waals surface area contributed by atoms with E-state index >= 15 is 0 Å². The molecule has 0 heterocycles. The van der Waals surface area contributed by atoms with Crippen molar-refractivity contribution in [3.63, 3.8) is 0 Å². The van der Waals surface area contributed by atoms with Crippen LogP contribution in [-0.2, 0) is 0 Å². The second kappa shape index (κ2) is 11.8. The predicted octanol–water partition coefficient (Wildman–Crippen LogP) is 5.73. The third-order valence-corrected chi connectivity index (χ3v) is 3.43. The van der Waals surface area contributed by atoms with Gasteiger partial charge in [-0.2, -0.15) is 0 Å². The third kappa shape index (κ3) is 10.0. The summed E-state index contributed by atoms with van der Waals surface area (Å²) in [5.41, 5.74) is 0. The van der Waals surface area contributed by atoms with E-state index in [-0.39, 0.29) is 0 Å². The van der Waals surface area contributed by atoms with E-state index in [1.807, 2.05) is 6.08 Å². The van der Waals surface area contributed by atoms with Crippen LogP contribution in [0, 0.1) is 5.92 Å². The zero-order valence-corrected chi connectivity index (χ0v) is 10.9. The molecule has 0 atom stereocenters. The van der Waals surface area contributed by atoms with Gasteiger partial charge in [0.05, 0.1) is 0 Å². The quantitative estimate of drug-likeness (QED) is 0.302. The van der Waals surface area contributed by atoms with E-state index in [0.29, 0.717) is 0 Å². The van der Waals surface area contributed by atoms with Gasteiger partial charge in [0.2, 0.25) is 0 Å². The minimum atomic E-state index is 0.991. The molecule has 0 aromatic heterocycles. The van der Waals surface area contributed by atoms with Crippen molar-refractivity contribution < 1.29 is 0 Å². The van der Waals surface area contributed by atoms with Crippen LogP contribution >= 0.6 is 0 Å². The van der Waals surface area contributed by atoms with Crippen LogP contribution in [0.1, 0.15) is 78.1 Å². The van der Waals surface area contributed by atoms with Gasteiger partial charge in [0.15, 0.2) is 0 Å². The van der Waals surface area contributed by atoms with Gasteiger partial charge in [-0.1, -0.05) is 71.3 Å². The molecule has 0 saturated carbocycles. The van der Waals surface area contributed by atoms with Crippen molar-refractivity contribution in [3.8, 4) is 0 Å². The van der Waals surface area contributed by atoms with Gasteiger partial charge in [-0.3, -0.25) is 0 Å². The third-order valence-electron chi connectivity index (χ3n) is 3.43. The molecule has 90 valence electrons. The number of allylic oxidation sites excluding steroid dienone is 1. The first-order chi connectivity index (χ1) is 7.35. The maximum atomic E-state index is 3.75.